The smallest absolute Gasteiger partial charge is 0.234 e. The number of ether oxygens (including phenoxy) is 2. The topological polar surface area (TPSA) is 89.5 Å². The number of anilines is 2. The Hall–Kier alpha value is -2.30. The highest BCUT2D eigenvalue weighted by atomic mass is 35.5. The number of thioether (sulfide) groups is 1. The van der Waals surface area contributed by atoms with Crippen molar-refractivity contribution >= 4 is 61.8 Å². The van der Waals surface area contributed by atoms with Gasteiger partial charge in [0, 0.05) is 19.2 Å². The number of fused-ring (bicyclic) bond motifs is 1. The summed E-state index contributed by atoms with van der Waals surface area (Å²) in [6, 6.07) is 3.25. The minimum absolute atomic E-state index is 0.174. The quantitative estimate of drug-likeness (QED) is 0.373. The minimum Gasteiger partial charge on any atom is -0.495 e. The van der Waals surface area contributed by atoms with Crippen molar-refractivity contribution in [2.75, 3.05) is 43.3 Å². The van der Waals surface area contributed by atoms with Gasteiger partial charge < -0.3 is 19.7 Å². The monoisotopic (exact) mass is 493 g/mol. The summed E-state index contributed by atoms with van der Waals surface area (Å²) in [5, 5.41) is 4.95. The maximum absolute atomic E-state index is 12.6. The molecule has 1 aromatic carbocycles. The lowest BCUT2D eigenvalue weighted by Crippen LogP contribution is -2.34. The summed E-state index contributed by atoms with van der Waals surface area (Å²) >= 11 is 9.13. The first-order valence-electron chi connectivity index (χ1n) is 10.2. The van der Waals surface area contributed by atoms with Crippen LogP contribution in [0, 0.1) is 5.92 Å². The predicted octanol–water partition coefficient (Wildman–Crippen LogP) is 4.72. The van der Waals surface area contributed by atoms with Gasteiger partial charge in [0.25, 0.3) is 0 Å². The van der Waals surface area contributed by atoms with Crippen LogP contribution in [-0.4, -0.2) is 53.9 Å². The summed E-state index contributed by atoms with van der Waals surface area (Å²) in [5.41, 5.74) is 1.15. The molecule has 1 atom stereocenters. The highest BCUT2D eigenvalue weighted by Crippen LogP contribution is 2.37. The molecule has 1 aliphatic rings. The van der Waals surface area contributed by atoms with E-state index in [-0.39, 0.29) is 11.7 Å². The molecular weight excluding hydrogens is 470 g/mol. The number of amides is 1. The number of thiazole rings is 1. The molecule has 11 heteroatoms. The van der Waals surface area contributed by atoms with E-state index in [1.165, 1.54) is 45.2 Å². The Morgan fingerprint density at radius 3 is 2.88 bits per heavy atom. The number of halogens is 1. The van der Waals surface area contributed by atoms with Crippen molar-refractivity contribution in [3.8, 4) is 11.5 Å². The Morgan fingerprint density at radius 1 is 1.31 bits per heavy atom. The lowest BCUT2D eigenvalue weighted by atomic mass is 10.0. The number of aromatic nitrogens is 3. The van der Waals surface area contributed by atoms with E-state index < -0.39 is 0 Å². The van der Waals surface area contributed by atoms with Gasteiger partial charge >= 0.3 is 0 Å². The fourth-order valence-electron chi connectivity index (χ4n) is 3.60. The van der Waals surface area contributed by atoms with Crippen molar-refractivity contribution < 1.29 is 14.3 Å². The van der Waals surface area contributed by atoms with Crippen molar-refractivity contribution in [1.29, 1.82) is 0 Å². The number of piperidine rings is 1. The third-order valence-electron chi connectivity index (χ3n) is 5.16. The average molecular weight is 494 g/mol. The molecule has 0 spiro atoms. The Bertz CT molecular complexity index is 1130. The van der Waals surface area contributed by atoms with Crippen LogP contribution in [0.15, 0.2) is 23.5 Å². The number of nitrogens with zero attached hydrogens (tertiary/aromatic N) is 4. The van der Waals surface area contributed by atoms with Crippen LogP contribution in [0.1, 0.15) is 19.8 Å². The lowest BCUT2D eigenvalue weighted by Gasteiger charge is -2.30. The van der Waals surface area contributed by atoms with Crippen molar-refractivity contribution in [3.63, 3.8) is 0 Å². The lowest BCUT2D eigenvalue weighted by molar-refractivity contribution is -0.113. The molecule has 32 heavy (non-hydrogen) atoms. The fraction of sp³-hybridized carbons (Fsp3) is 0.429. The Morgan fingerprint density at radius 2 is 2.12 bits per heavy atom. The molecule has 170 valence electrons. The molecule has 0 aliphatic carbocycles. The van der Waals surface area contributed by atoms with Crippen LogP contribution >= 0.6 is 34.7 Å². The molecule has 3 heterocycles. The van der Waals surface area contributed by atoms with Crippen LogP contribution < -0.4 is 19.7 Å². The fourth-order valence-corrected chi connectivity index (χ4v) is 5.77. The predicted molar refractivity (Wildman–Crippen MR) is 130 cm³/mol. The number of rotatable bonds is 7. The number of hydrogen-bond donors (Lipinski definition) is 1. The van der Waals surface area contributed by atoms with Crippen LogP contribution in [-0.2, 0) is 4.79 Å². The molecule has 0 saturated carbocycles. The average Bonchev–Trinajstić information content (AvgIpc) is 3.23. The molecular formula is C21H24ClN5O3S2. The molecule has 1 aliphatic heterocycles. The highest BCUT2D eigenvalue weighted by molar-refractivity contribution is 8.00. The number of carbonyl (C=O) groups is 1. The van der Waals surface area contributed by atoms with E-state index in [1.54, 1.807) is 23.5 Å². The van der Waals surface area contributed by atoms with Crippen LogP contribution in [0.4, 0.5) is 10.8 Å². The molecule has 8 nitrogen and oxygen atoms in total. The minimum atomic E-state index is -0.198. The second-order valence-electron chi connectivity index (χ2n) is 7.55. The van der Waals surface area contributed by atoms with Gasteiger partial charge in [0.15, 0.2) is 10.8 Å². The second kappa shape index (κ2) is 10.1. The number of methoxy groups -OCH3 is 2. The summed E-state index contributed by atoms with van der Waals surface area (Å²) < 4.78 is 11.4. The first-order chi connectivity index (χ1) is 15.5. The molecule has 0 bridgehead atoms. The maximum Gasteiger partial charge on any atom is 0.234 e. The van der Waals surface area contributed by atoms with Crippen molar-refractivity contribution in [2.45, 2.75) is 24.8 Å². The van der Waals surface area contributed by atoms with E-state index in [0.29, 0.717) is 33.8 Å². The van der Waals surface area contributed by atoms with Gasteiger partial charge in [-0.2, -0.15) is 4.98 Å². The SMILES string of the molecule is COc1cc(OC)c(NC(=O)CSc2ncnc3nc(N4CCCC(C)C4)sc23)cc1Cl. The third-order valence-corrected chi connectivity index (χ3v) is 7.69. The highest BCUT2D eigenvalue weighted by Gasteiger charge is 2.21. The van der Waals surface area contributed by atoms with Crippen molar-refractivity contribution in [2.24, 2.45) is 5.92 Å². The molecule has 4 rings (SSSR count). The van der Waals surface area contributed by atoms with E-state index in [9.17, 15) is 4.79 Å². The second-order valence-corrected chi connectivity index (χ2v) is 9.89. The maximum atomic E-state index is 12.6. The summed E-state index contributed by atoms with van der Waals surface area (Å²) in [4.78, 5) is 28.4. The van der Waals surface area contributed by atoms with E-state index in [2.05, 4.69) is 27.1 Å². The number of carbonyl (C=O) groups excluding carboxylic acids is 1. The first kappa shape index (κ1) is 22.9. The largest absolute Gasteiger partial charge is 0.495 e. The van der Waals surface area contributed by atoms with Gasteiger partial charge in [0.1, 0.15) is 27.6 Å². The van der Waals surface area contributed by atoms with Crippen LogP contribution in [0.5, 0.6) is 11.5 Å². The number of hydrogen-bond acceptors (Lipinski definition) is 9. The van der Waals surface area contributed by atoms with Gasteiger partial charge in [0.05, 0.1) is 30.7 Å². The molecule has 1 amide bonds. The standard InChI is InChI=1S/C21H24ClN5O3S2/c1-12-5-4-6-27(9-12)21-26-19-18(32-21)20(24-11-23-19)31-10-17(28)25-14-7-13(22)15(29-2)8-16(14)30-3/h7-8,11-12H,4-6,9-10H2,1-3H3,(H,25,28). The molecule has 0 radical (unpaired) electrons. The van der Waals surface area contributed by atoms with Crippen molar-refractivity contribution in [1.82, 2.24) is 15.0 Å². The normalized spacial score (nSPS) is 16.2. The Balaban J connectivity index is 1.46. The van der Waals surface area contributed by atoms with Gasteiger partial charge in [-0.1, -0.05) is 41.6 Å². The summed E-state index contributed by atoms with van der Waals surface area (Å²) in [7, 11) is 3.05. The molecule has 3 aromatic rings. The molecule has 1 saturated heterocycles. The first-order valence-corrected chi connectivity index (χ1v) is 12.4. The zero-order valence-corrected chi connectivity index (χ0v) is 20.4. The summed E-state index contributed by atoms with van der Waals surface area (Å²) in [6.45, 7) is 4.28. The van der Waals surface area contributed by atoms with E-state index in [1.807, 2.05) is 0 Å². The van der Waals surface area contributed by atoms with Gasteiger partial charge in [-0.3, -0.25) is 4.79 Å². The molecule has 1 N–H and O–H groups in total. The molecule has 1 unspecified atom stereocenters. The summed E-state index contributed by atoms with van der Waals surface area (Å²) in [5.74, 6) is 1.58. The number of nitrogens with one attached hydrogen (secondary N) is 1. The van der Waals surface area contributed by atoms with Gasteiger partial charge in [-0.15, -0.1) is 0 Å². The van der Waals surface area contributed by atoms with Crippen LogP contribution in [0.3, 0.4) is 0 Å². The van der Waals surface area contributed by atoms with Crippen molar-refractivity contribution in [3.05, 3.63) is 23.5 Å². The van der Waals surface area contributed by atoms with Gasteiger partial charge in [-0.05, 0) is 24.8 Å². The van der Waals surface area contributed by atoms with Gasteiger partial charge in [-0.25, -0.2) is 9.97 Å². The van der Waals surface area contributed by atoms with Crippen LogP contribution in [0.25, 0.3) is 10.3 Å². The zero-order valence-electron chi connectivity index (χ0n) is 18.1. The van der Waals surface area contributed by atoms with E-state index in [0.717, 1.165) is 27.9 Å². The Kier molecular flexibility index (Phi) is 7.22. The van der Waals surface area contributed by atoms with E-state index in [4.69, 9.17) is 26.1 Å². The van der Waals surface area contributed by atoms with E-state index >= 15 is 0 Å². The zero-order chi connectivity index (χ0) is 22.7. The van der Waals surface area contributed by atoms with Crippen LogP contribution in [0.2, 0.25) is 5.02 Å². The molecule has 1 fully saturated rings. The number of benzene rings is 1. The molecule has 2 aromatic heterocycles. The van der Waals surface area contributed by atoms with Gasteiger partial charge in [0.2, 0.25) is 5.91 Å². The third kappa shape index (κ3) is 5.02. The Labute approximate surface area is 199 Å². The summed E-state index contributed by atoms with van der Waals surface area (Å²) in [6.07, 6.45) is 3.92.